The number of carbonyl (C=O) groups excluding carboxylic acids is 1. The first-order chi connectivity index (χ1) is 7.80. The highest BCUT2D eigenvalue weighted by molar-refractivity contribution is 5.74. The van der Waals surface area contributed by atoms with Crippen LogP contribution in [0.2, 0.25) is 0 Å². The zero-order valence-corrected chi connectivity index (χ0v) is 10.7. The van der Waals surface area contributed by atoms with Gasteiger partial charge in [-0.05, 0) is 39.0 Å². The first kappa shape index (κ1) is 12.6. The Bertz CT molecular complexity index is 313. The zero-order chi connectivity index (χ0) is 12.7. The number of amides is 2. The third kappa shape index (κ3) is 2.72. The molecule has 5 nitrogen and oxygen atoms in total. The highest BCUT2D eigenvalue weighted by Crippen LogP contribution is 2.42. The molecule has 2 fully saturated rings. The van der Waals surface area contributed by atoms with Crippen LogP contribution in [0.1, 0.15) is 33.1 Å². The Labute approximate surface area is 102 Å². The number of nitrogens with two attached hydrogens (primary N) is 1. The number of rotatable bonds is 3. The van der Waals surface area contributed by atoms with Crippen molar-refractivity contribution in [3.05, 3.63) is 0 Å². The van der Waals surface area contributed by atoms with Gasteiger partial charge in [-0.1, -0.05) is 0 Å². The summed E-state index contributed by atoms with van der Waals surface area (Å²) < 4.78 is 0. The van der Waals surface area contributed by atoms with Crippen LogP contribution < -0.4 is 11.1 Å². The summed E-state index contributed by atoms with van der Waals surface area (Å²) in [5.41, 5.74) is 5.33. The normalized spacial score (nSPS) is 32.0. The summed E-state index contributed by atoms with van der Waals surface area (Å²) in [6, 6.07) is -0.0477. The van der Waals surface area contributed by atoms with Crippen molar-refractivity contribution < 1.29 is 9.90 Å². The van der Waals surface area contributed by atoms with Crippen LogP contribution in [0.5, 0.6) is 0 Å². The average Bonchev–Trinajstić information content (AvgIpc) is 2.40. The largest absolute Gasteiger partial charge is 0.390 e. The predicted molar refractivity (Wildman–Crippen MR) is 65.5 cm³/mol. The van der Waals surface area contributed by atoms with Crippen molar-refractivity contribution in [2.75, 3.05) is 19.6 Å². The van der Waals surface area contributed by atoms with Crippen LogP contribution in [0, 0.1) is 5.92 Å². The van der Waals surface area contributed by atoms with E-state index in [2.05, 4.69) is 5.32 Å². The van der Waals surface area contributed by atoms with Gasteiger partial charge in [0.15, 0.2) is 0 Å². The molecule has 5 heteroatoms. The molecule has 2 atom stereocenters. The van der Waals surface area contributed by atoms with E-state index in [1.54, 1.807) is 13.8 Å². The summed E-state index contributed by atoms with van der Waals surface area (Å²) in [5.74, 6) is 0.488. The summed E-state index contributed by atoms with van der Waals surface area (Å²) >= 11 is 0. The van der Waals surface area contributed by atoms with Crippen molar-refractivity contribution in [2.24, 2.45) is 11.7 Å². The van der Waals surface area contributed by atoms with Gasteiger partial charge in [-0.15, -0.1) is 0 Å². The number of nitrogens with one attached hydrogen (secondary N) is 1. The molecule has 1 aliphatic carbocycles. The van der Waals surface area contributed by atoms with Crippen molar-refractivity contribution in [3.63, 3.8) is 0 Å². The summed E-state index contributed by atoms with van der Waals surface area (Å²) in [6.45, 7) is 5.44. The Hall–Kier alpha value is -0.810. The van der Waals surface area contributed by atoms with E-state index >= 15 is 0 Å². The molecule has 0 aromatic carbocycles. The van der Waals surface area contributed by atoms with E-state index in [0.29, 0.717) is 25.4 Å². The fourth-order valence-electron chi connectivity index (χ4n) is 2.63. The van der Waals surface area contributed by atoms with Gasteiger partial charge in [-0.3, -0.25) is 0 Å². The molecule has 2 aliphatic rings. The van der Waals surface area contributed by atoms with Crippen LogP contribution in [-0.2, 0) is 0 Å². The van der Waals surface area contributed by atoms with Crippen LogP contribution in [0.25, 0.3) is 0 Å². The van der Waals surface area contributed by atoms with E-state index in [1.165, 1.54) is 0 Å². The van der Waals surface area contributed by atoms with Gasteiger partial charge < -0.3 is 21.1 Å². The Morgan fingerprint density at radius 1 is 1.65 bits per heavy atom. The summed E-state index contributed by atoms with van der Waals surface area (Å²) in [5, 5.41) is 12.4. The number of likely N-dealkylation sites (tertiary alicyclic amines) is 1. The van der Waals surface area contributed by atoms with E-state index in [1.807, 2.05) is 4.90 Å². The lowest BCUT2D eigenvalue weighted by atomic mass is 9.70. The van der Waals surface area contributed by atoms with Gasteiger partial charge in [0, 0.05) is 25.2 Å². The lowest BCUT2D eigenvalue weighted by Crippen LogP contribution is -2.55. The average molecular weight is 241 g/mol. The molecule has 1 aliphatic heterocycles. The number of hydrogen-bond acceptors (Lipinski definition) is 3. The lowest BCUT2D eigenvalue weighted by molar-refractivity contribution is 0.0715. The van der Waals surface area contributed by atoms with Crippen molar-refractivity contribution in [2.45, 2.75) is 44.2 Å². The monoisotopic (exact) mass is 241 g/mol. The molecule has 1 heterocycles. The molecule has 0 aromatic rings. The number of aliphatic hydroxyl groups is 1. The third-order valence-corrected chi connectivity index (χ3v) is 4.00. The van der Waals surface area contributed by atoms with Crippen molar-refractivity contribution in [3.8, 4) is 0 Å². The summed E-state index contributed by atoms with van der Waals surface area (Å²) in [7, 11) is 0. The van der Waals surface area contributed by atoms with Gasteiger partial charge in [0.2, 0.25) is 0 Å². The quantitative estimate of drug-likeness (QED) is 0.664. The number of urea groups is 1. The third-order valence-electron chi connectivity index (χ3n) is 4.00. The fraction of sp³-hybridized carbons (Fsp3) is 0.917. The maximum Gasteiger partial charge on any atom is 0.317 e. The van der Waals surface area contributed by atoms with Gasteiger partial charge in [-0.25, -0.2) is 4.79 Å². The van der Waals surface area contributed by atoms with Gasteiger partial charge in [0.1, 0.15) is 0 Å². The van der Waals surface area contributed by atoms with Gasteiger partial charge in [-0.2, -0.15) is 0 Å². The van der Waals surface area contributed by atoms with Crippen LogP contribution in [0.15, 0.2) is 0 Å². The topological polar surface area (TPSA) is 78.6 Å². The minimum atomic E-state index is -0.730. The van der Waals surface area contributed by atoms with Gasteiger partial charge >= 0.3 is 6.03 Å². The van der Waals surface area contributed by atoms with Crippen molar-refractivity contribution in [1.82, 2.24) is 10.2 Å². The van der Waals surface area contributed by atoms with Crippen LogP contribution in [0.3, 0.4) is 0 Å². The SMILES string of the molecule is CC(C)(O)CCNC(=O)N1C[C@@H]2CC[C@]2(N)C1. The van der Waals surface area contributed by atoms with Crippen LogP contribution in [-0.4, -0.2) is 46.8 Å². The first-order valence-electron chi connectivity index (χ1n) is 6.34. The molecule has 0 aromatic heterocycles. The molecular weight excluding hydrogens is 218 g/mol. The van der Waals surface area contributed by atoms with Crippen molar-refractivity contribution in [1.29, 1.82) is 0 Å². The molecule has 0 unspecified atom stereocenters. The Balaban J connectivity index is 1.74. The van der Waals surface area contributed by atoms with E-state index in [-0.39, 0.29) is 11.6 Å². The second-order valence-electron chi connectivity index (χ2n) is 6.14. The van der Waals surface area contributed by atoms with Crippen LogP contribution >= 0.6 is 0 Å². The molecule has 1 saturated carbocycles. The minimum absolute atomic E-state index is 0.0477. The second-order valence-corrected chi connectivity index (χ2v) is 6.14. The number of fused-ring (bicyclic) bond motifs is 1. The molecule has 4 N–H and O–H groups in total. The lowest BCUT2D eigenvalue weighted by Gasteiger charge is -2.39. The maximum absolute atomic E-state index is 11.9. The summed E-state index contributed by atoms with van der Waals surface area (Å²) in [4.78, 5) is 13.7. The maximum atomic E-state index is 11.9. The van der Waals surface area contributed by atoms with E-state index < -0.39 is 5.60 Å². The second kappa shape index (κ2) is 4.14. The van der Waals surface area contributed by atoms with Crippen molar-refractivity contribution >= 4 is 6.03 Å². The summed E-state index contributed by atoms with van der Waals surface area (Å²) in [6.07, 6.45) is 2.73. The first-order valence-corrected chi connectivity index (χ1v) is 6.34. The number of hydrogen-bond donors (Lipinski definition) is 3. The zero-order valence-electron chi connectivity index (χ0n) is 10.7. The number of carbonyl (C=O) groups is 1. The molecule has 2 rings (SSSR count). The van der Waals surface area contributed by atoms with Crippen LogP contribution in [0.4, 0.5) is 4.79 Å². The van der Waals surface area contributed by atoms with E-state index in [4.69, 9.17) is 5.73 Å². The highest BCUT2D eigenvalue weighted by atomic mass is 16.3. The molecule has 17 heavy (non-hydrogen) atoms. The standard InChI is InChI=1S/C12H23N3O2/c1-11(2,17)5-6-14-10(16)15-7-9-3-4-12(9,13)8-15/h9,17H,3-8,13H2,1-2H3,(H,14,16)/t9-,12-/m0/s1. The minimum Gasteiger partial charge on any atom is -0.390 e. The molecule has 2 amide bonds. The molecule has 98 valence electrons. The Morgan fingerprint density at radius 3 is 2.76 bits per heavy atom. The predicted octanol–water partition coefficient (Wildman–Crippen LogP) is 0.280. The number of nitrogens with zero attached hydrogens (tertiary/aromatic N) is 1. The molecule has 0 spiro atoms. The molecule has 0 bridgehead atoms. The fourth-order valence-corrected chi connectivity index (χ4v) is 2.63. The highest BCUT2D eigenvalue weighted by Gasteiger charge is 2.51. The Kier molecular flexibility index (Phi) is 3.08. The van der Waals surface area contributed by atoms with Gasteiger partial charge in [0.05, 0.1) is 5.60 Å². The van der Waals surface area contributed by atoms with Gasteiger partial charge in [0.25, 0.3) is 0 Å². The smallest absolute Gasteiger partial charge is 0.317 e. The Morgan fingerprint density at radius 2 is 2.35 bits per heavy atom. The molecule has 0 radical (unpaired) electrons. The molecule has 1 saturated heterocycles. The van der Waals surface area contributed by atoms with E-state index in [0.717, 1.165) is 19.4 Å². The molecular formula is C12H23N3O2. The van der Waals surface area contributed by atoms with E-state index in [9.17, 15) is 9.90 Å².